The number of aromatic amines is 1. The lowest BCUT2D eigenvalue weighted by atomic mass is 10.2. The molecule has 3 rings (SSSR count). The van der Waals surface area contributed by atoms with Crippen LogP contribution in [0.1, 0.15) is 0 Å². The Hall–Kier alpha value is -2.53. The molecule has 0 aliphatic heterocycles. The zero-order valence-electron chi connectivity index (χ0n) is 10.1. The van der Waals surface area contributed by atoms with Gasteiger partial charge in [-0.05, 0) is 30.3 Å². The summed E-state index contributed by atoms with van der Waals surface area (Å²) in [5, 5.41) is 10.2. The van der Waals surface area contributed by atoms with Crippen molar-refractivity contribution in [3.63, 3.8) is 0 Å². The van der Waals surface area contributed by atoms with Crippen LogP contribution in [0.25, 0.3) is 16.6 Å². The van der Waals surface area contributed by atoms with Crippen LogP contribution in [0.2, 0.25) is 5.02 Å². The first kappa shape index (κ1) is 12.5. The molecule has 100 valence electrons. The van der Waals surface area contributed by atoms with Gasteiger partial charge in [-0.3, -0.25) is 4.79 Å². The lowest BCUT2D eigenvalue weighted by Crippen LogP contribution is -2.33. The Morgan fingerprint density at radius 1 is 1.10 bits per heavy atom. The number of benzene rings is 2. The minimum Gasteiger partial charge on any atom is -0.508 e. The Labute approximate surface area is 117 Å². The quantitative estimate of drug-likeness (QED) is 0.719. The summed E-state index contributed by atoms with van der Waals surface area (Å²) in [6.07, 6.45) is 0. The second-order valence-corrected chi connectivity index (χ2v) is 4.72. The largest absolute Gasteiger partial charge is 0.508 e. The van der Waals surface area contributed by atoms with Crippen molar-refractivity contribution in [3.05, 3.63) is 68.3 Å². The molecule has 0 atom stereocenters. The van der Waals surface area contributed by atoms with E-state index in [0.29, 0.717) is 15.9 Å². The Bertz CT molecular complexity index is 928. The number of phenolic OH excluding ortho intramolecular Hbond substituents is 1. The predicted molar refractivity (Wildman–Crippen MR) is 76.8 cm³/mol. The summed E-state index contributed by atoms with van der Waals surface area (Å²) in [6.45, 7) is 0. The van der Waals surface area contributed by atoms with Crippen LogP contribution in [0.4, 0.5) is 0 Å². The zero-order valence-corrected chi connectivity index (χ0v) is 10.9. The molecule has 0 radical (unpaired) electrons. The average molecular weight is 289 g/mol. The zero-order chi connectivity index (χ0) is 14.3. The third-order valence-electron chi connectivity index (χ3n) is 2.95. The van der Waals surface area contributed by atoms with Crippen molar-refractivity contribution in [2.24, 2.45) is 0 Å². The number of nitrogens with one attached hydrogen (secondary N) is 1. The summed E-state index contributed by atoms with van der Waals surface area (Å²) in [6, 6.07) is 10.6. The van der Waals surface area contributed by atoms with Crippen molar-refractivity contribution in [2.75, 3.05) is 0 Å². The third kappa shape index (κ3) is 1.98. The fourth-order valence-electron chi connectivity index (χ4n) is 2.05. The predicted octanol–water partition coefficient (Wildman–Crippen LogP) is 2.04. The molecule has 3 aromatic rings. The summed E-state index contributed by atoms with van der Waals surface area (Å²) in [5.74, 6) is -0.0278. The van der Waals surface area contributed by atoms with Crippen molar-refractivity contribution in [3.8, 4) is 11.4 Å². The highest BCUT2D eigenvalue weighted by Crippen LogP contribution is 2.16. The Kier molecular flexibility index (Phi) is 2.84. The molecule has 0 bridgehead atoms. The van der Waals surface area contributed by atoms with Gasteiger partial charge in [-0.1, -0.05) is 17.7 Å². The third-order valence-corrected chi connectivity index (χ3v) is 3.18. The Morgan fingerprint density at radius 3 is 2.65 bits per heavy atom. The van der Waals surface area contributed by atoms with E-state index < -0.39 is 11.2 Å². The van der Waals surface area contributed by atoms with Gasteiger partial charge in [0.2, 0.25) is 0 Å². The van der Waals surface area contributed by atoms with E-state index in [-0.39, 0.29) is 11.4 Å². The average Bonchev–Trinajstić information content (AvgIpc) is 2.40. The Balaban J connectivity index is 2.42. The van der Waals surface area contributed by atoms with E-state index >= 15 is 0 Å². The molecule has 5 nitrogen and oxygen atoms in total. The van der Waals surface area contributed by atoms with Crippen molar-refractivity contribution >= 4 is 22.5 Å². The van der Waals surface area contributed by atoms with Crippen LogP contribution < -0.4 is 11.2 Å². The van der Waals surface area contributed by atoms with Crippen LogP contribution >= 0.6 is 11.6 Å². The number of hydrogen-bond acceptors (Lipinski definition) is 3. The van der Waals surface area contributed by atoms with Crippen LogP contribution in [0, 0.1) is 0 Å². The van der Waals surface area contributed by atoms with E-state index in [1.165, 1.54) is 18.2 Å². The number of phenols is 1. The molecule has 0 amide bonds. The monoisotopic (exact) mass is 288 g/mol. The maximum Gasteiger partial charge on any atom is 0.333 e. The summed E-state index contributed by atoms with van der Waals surface area (Å²) in [5.41, 5.74) is -0.355. The van der Waals surface area contributed by atoms with Gasteiger partial charge in [-0.2, -0.15) is 0 Å². The molecule has 2 aromatic carbocycles. The van der Waals surface area contributed by atoms with Gasteiger partial charge in [-0.15, -0.1) is 0 Å². The molecule has 6 heteroatoms. The van der Waals surface area contributed by atoms with Crippen molar-refractivity contribution in [1.29, 1.82) is 0 Å². The number of aromatic hydroxyl groups is 1. The van der Waals surface area contributed by atoms with Gasteiger partial charge in [0.1, 0.15) is 5.75 Å². The molecule has 1 heterocycles. The van der Waals surface area contributed by atoms with E-state index in [1.807, 2.05) is 0 Å². The first-order valence-corrected chi connectivity index (χ1v) is 6.18. The maximum absolute atomic E-state index is 12.4. The van der Waals surface area contributed by atoms with Gasteiger partial charge >= 0.3 is 5.69 Å². The van der Waals surface area contributed by atoms with Crippen LogP contribution in [0.15, 0.2) is 52.1 Å². The number of fused-ring (bicyclic) bond motifs is 1. The van der Waals surface area contributed by atoms with E-state index in [2.05, 4.69) is 4.98 Å². The van der Waals surface area contributed by atoms with Crippen LogP contribution in [-0.2, 0) is 0 Å². The number of nitrogens with zero attached hydrogens (tertiary/aromatic N) is 1. The smallest absolute Gasteiger partial charge is 0.333 e. The SMILES string of the molecule is O=c1[nH]c2ccc(Cl)cc2c(=O)n1-c1cccc(O)c1. The molecular weight excluding hydrogens is 280 g/mol. The highest BCUT2D eigenvalue weighted by Gasteiger charge is 2.10. The maximum atomic E-state index is 12.4. The van der Waals surface area contributed by atoms with Gasteiger partial charge in [0.05, 0.1) is 16.6 Å². The lowest BCUT2D eigenvalue weighted by molar-refractivity contribution is 0.475. The van der Waals surface area contributed by atoms with E-state index in [1.54, 1.807) is 24.3 Å². The second-order valence-electron chi connectivity index (χ2n) is 4.28. The fraction of sp³-hybridized carbons (Fsp3) is 0. The standard InChI is InChI=1S/C14H9ClN2O3/c15-8-4-5-12-11(6-8)13(19)17(14(20)16-12)9-2-1-3-10(18)7-9/h1-7,18H,(H,16,20). The highest BCUT2D eigenvalue weighted by atomic mass is 35.5. The van der Waals surface area contributed by atoms with Crippen LogP contribution in [0.3, 0.4) is 0 Å². The van der Waals surface area contributed by atoms with Gasteiger partial charge in [0.15, 0.2) is 0 Å². The second kappa shape index (κ2) is 4.54. The molecule has 0 fully saturated rings. The molecule has 1 aromatic heterocycles. The van der Waals surface area contributed by atoms with Crippen molar-refractivity contribution in [1.82, 2.24) is 9.55 Å². The summed E-state index contributed by atoms with van der Waals surface area (Å²) in [4.78, 5) is 27.1. The molecule has 0 aliphatic rings. The normalized spacial score (nSPS) is 10.8. The summed E-state index contributed by atoms with van der Waals surface area (Å²) >= 11 is 5.87. The highest BCUT2D eigenvalue weighted by molar-refractivity contribution is 6.31. The first-order chi connectivity index (χ1) is 9.56. The molecule has 0 saturated carbocycles. The number of H-pyrrole nitrogens is 1. The molecule has 0 spiro atoms. The minimum absolute atomic E-state index is 0.0278. The number of hydrogen-bond donors (Lipinski definition) is 2. The van der Waals surface area contributed by atoms with Crippen LogP contribution in [-0.4, -0.2) is 14.7 Å². The van der Waals surface area contributed by atoms with E-state index in [0.717, 1.165) is 4.57 Å². The molecule has 0 unspecified atom stereocenters. The number of rotatable bonds is 1. The van der Waals surface area contributed by atoms with Gasteiger partial charge in [-0.25, -0.2) is 9.36 Å². The molecular formula is C14H9ClN2O3. The molecule has 0 aliphatic carbocycles. The van der Waals surface area contributed by atoms with E-state index in [9.17, 15) is 14.7 Å². The number of halogens is 1. The van der Waals surface area contributed by atoms with Crippen molar-refractivity contribution in [2.45, 2.75) is 0 Å². The minimum atomic E-state index is -0.574. The molecule has 0 saturated heterocycles. The summed E-state index contributed by atoms with van der Waals surface area (Å²) in [7, 11) is 0. The topological polar surface area (TPSA) is 75.1 Å². The van der Waals surface area contributed by atoms with Gasteiger partial charge in [0, 0.05) is 11.1 Å². The molecule has 20 heavy (non-hydrogen) atoms. The lowest BCUT2D eigenvalue weighted by Gasteiger charge is -2.06. The summed E-state index contributed by atoms with van der Waals surface area (Å²) < 4.78 is 0.957. The van der Waals surface area contributed by atoms with Crippen molar-refractivity contribution < 1.29 is 5.11 Å². The van der Waals surface area contributed by atoms with Crippen LogP contribution in [0.5, 0.6) is 5.75 Å². The van der Waals surface area contributed by atoms with Gasteiger partial charge in [0.25, 0.3) is 5.56 Å². The number of aromatic nitrogens is 2. The van der Waals surface area contributed by atoms with E-state index in [4.69, 9.17) is 11.6 Å². The Morgan fingerprint density at radius 2 is 1.90 bits per heavy atom. The fourth-order valence-corrected chi connectivity index (χ4v) is 2.22. The molecule has 2 N–H and O–H groups in total. The first-order valence-electron chi connectivity index (χ1n) is 5.80. The van der Waals surface area contributed by atoms with Gasteiger partial charge < -0.3 is 10.1 Å².